The highest BCUT2D eigenvalue weighted by Crippen LogP contribution is 2.31. The quantitative estimate of drug-likeness (QED) is 0.899. The fourth-order valence-corrected chi connectivity index (χ4v) is 2.68. The first-order valence-corrected chi connectivity index (χ1v) is 7.01. The number of hydrogen-bond acceptors (Lipinski definition) is 5. The highest BCUT2D eigenvalue weighted by atomic mass is 35.5. The molecule has 1 aliphatic carbocycles. The first-order valence-electron chi connectivity index (χ1n) is 6.64. The minimum Gasteiger partial charge on any atom is -0.476 e. The highest BCUT2D eigenvalue weighted by molar-refractivity contribution is 6.31. The van der Waals surface area contributed by atoms with Crippen LogP contribution in [0.3, 0.4) is 0 Å². The molecule has 1 aliphatic rings. The minimum atomic E-state index is 0.262. The zero-order valence-electron chi connectivity index (χ0n) is 11.1. The van der Waals surface area contributed by atoms with Crippen LogP contribution in [-0.2, 0) is 0 Å². The van der Waals surface area contributed by atoms with E-state index < -0.39 is 0 Å². The molecular formula is C13H20ClN3O2. The van der Waals surface area contributed by atoms with Crippen molar-refractivity contribution in [1.29, 1.82) is 0 Å². The van der Waals surface area contributed by atoms with E-state index in [9.17, 15) is 0 Å². The Morgan fingerprint density at radius 3 is 2.79 bits per heavy atom. The molecule has 106 valence electrons. The van der Waals surface area contributed by atoms with Crippen molar-refractivity contribution in [3.8, 4) is 11.9 Å². The molecule has 2 rings (SSSR count). The van der Waals surface area contributed by atoms with Gasteiger partial charge in [-0.25, -0.2) is 4.98 Å². The van der Waals surface area contributed by atoms with Gasteiger partial charge in [-0.1, -0.05) is 24.4 Å². The van der Waals surface area contributed by atoms with E-state index in [4.69, 9.17) is 26.8 Å². The standard InChI is InChI=1S/C13H20ClN3O2/c1-18-13-16-7-11(14)12(17-13)19-8-10-5-3-2-4-9(10)6-15/h7,9-10H,2-6,8,15H2,1H3. The zero-order chi connectivity index (χ0) is 13.7. The summed E-state index contributed by atoms with van der Waals surface area (Å²) >= 11 is 6.01. The lowest BCUT2D eigenvalue weighted by molar-refractivity contribution is 0.148. The second kappa shape index (κ2) is 6.91. The molecule has 0 aliphatic heterocycles. The average Bonchev–Trinajstić information content (AvgIpc) is 2.46. The maximum Gasteiger partial charge on any atom is 0.319 e. The third-order valence-corrected chi connectivity index (χ3v) is 3.94. The summed E-state index contributed by atoms with van der Waals surface area (Å²) in [6.45, 7) is 1.32. The molecule has 0 bridgehead atoms. The molecule has 0 radical (unpaired) electrons. The number of aromatic nitrogens is 2. The fraction of sp³-hybridized carbons (Fsp3) is 0.692. The normalized spacial score (nSPS) is 23.1. The Balaban J connectivity index is 1.97. The summed E-state index contributed by atoms with van der Waals surface area (Å²) < 4.78 is 10.7. The van der Waals surface area contributed by atoms with Gasteiger partial charge in [0.15, 0.2) is 0 Å². The predicted molar refractivity (Wildman–Crippen MR) is 73.6 cm³/mol. The summed E-state index contributed by atoms with van der Waals surface area (Å²) in [5.74, 6) is 1.40. The van der Waals surface area contributed by atoms with Crippen LogP contribution in [-0.4, -0.2) is 30.2 Å². The van der Waals surface area contributed by atoms with Gasteiger partial charge in [-0.15, -0.1) is 0 Å². The third-order valence-electron chi connectivity index (χ3n) is 3.68. The number of rotatable bonds is 5. The van der Waals surface area contributed by atoms with E-state index in [0.717, 1.165) is 13.0 Å². The molecular weight excluding hydrogens is 266 g/mol. The predicted octanol–water partition coefficient (Wildman–Crippen LogP) is 2.28. The van der Waals surface area contributed by atoms with Gasteiger partial charge in [0.25, 0.3) is 0 Å². The first kappa shape index (κ1) is 14.3. The molecule has 0 amide bonds. The monoisotopic (exact) mass is 285 g/mol. The van der Waals surface area contributed by atoms with E-state index in [0.29, 0.717) is 29.3 Å². The molecule has 1 heterocycles. The molecule has 6 heteroatoms. The van der Waals surface area contributed by atoms with Crippen molar-refractivity contribution in [3.05, 3.63) is 11.2 Å². The van der Waals surface area contributed by atoms with E-state index >= 15 is 0 Å². The summed E-state index contributed by atoms with van der Waals surface area (Å²) in [5.41, 5.74) is 5.81. The minimum absolute atomic E-state index is 0.262. The van der Waals surface area contributed by atoms with E-state index in [1.54, 1.807) is 0 Å². The lowest BCUT2D eigenvalue weighted by Crippen LogP contribution is -2.30. The first-order chi connectivity index (χ1) is 9.24. The van der Waals surface area contributed by atoms with Gasteiger partial charge in [0.05, 0.1) is 19.9 Å². The van der Waals surface area contributed by atoms with Crippen LogP contribution in [0.4, 0.5) is 0 Å². The van der Waals surface area contributed by atoms with Crippen LogP contribution in [0.5, 0.6) is 11.9 Å². The molecule has 1 aromatic heterocycles. The van der Waals surface area contributed by atoms with Crippen molar-refractivity contribution < 1.29 is 9.47 Å². The maximum atomic E-state index is 6.01. The van der Waals surface area contributed by atoms with Gasteiger partial charge in [0, 0.05) is 0 Å². The smallest absolute Gasteiger partial charge is 0.319 e. The van der Waals surface area contributed by atoms with Crippen molar-refractivity contribution in [1.82, 2.24) is 9.97 Å². The Morgan fingerprint density at radius 1 is 1.37 bits per heavy atom. The molecule has 0 spiro atoms. The molecule has 2 atom stereocenters. The Kier molecular flexibility index (Phi) is 5.22. The van der Waals surface area contributed by atoms with E-state index in [1.807, 2.05) is 0 Å². The Bertz CT molecular complexity index is 417. The largest absolute Gasteiger partial charge is 0.476 e. The van der Waals surface area contributed by atoms with Crippen LogP contribution < -0.4 is 15.2 Å². The number of hydrogen-bond donors (Lipinski definition) is 1. The zero-order valence-corrected chi connectivity index (χ0v) is 11.9. The van der Waals surface area contributed by atoms with Crippen molar-refractivity contribution in [2.75, 3.05) is 20.3 Å². The Labute approximate surface area is 118 Å². The highest BCUT2D eigenvalue weighted by Gasteiger charge is 2.25. The maximum absolute atomic E-state index is 6.01. The van der Waals surface area contributed by atoms with Crippen molar-refractivity contribution in [2.24, 2.45) is 17.6 Å². The SMILES string of the molecule is COc1ncc(Cl)c(OCC2CCCCC2CN)n1. The van der Waals surface area contributed by atoms with Gasteiger partial charge in [0.2, 0.25) is 5.88 Å². The van der Waals surface area contributed by atoms with Crippen LogP contribution in [0.25, 0.3) is 0 Å². The van der Waals surface area contributed by atoms with Crippen LogP contribution in [0.1, 0.15) is 25.7 Å². The van der Waals surface area contributed by atoms with Gasteiger partial charge in [-0.05, 0) is 31.2 Å². The number of ether oxygens (including phenoxy) is 2. The third kappa shape index (κ3) is 3.70. The molecule has 0 saturated heterocycles. The van der Waals surface area contributed by atoms with Crippen molar-refractivity contribution in [3.63, 3.8) is 0 Å². The van der Waals surface area contributed by atoms with Gasteiger partial charge in [-0.3, -0.25) is 0 Å². The van der Waals surface area contributed by atoms with Gasteiger partial charge >= 0.3 is 6.01 Å². The number of nitrogens with two attached hydrogens (primary N) is 1. The number of nitrogens with zero attached hydrogens (tertiary/aromatic N) is 2. The summed E-state index contributed by atoms with van der Waals surface area (Å²) in [7, 11) is 1.51. The Hall–Kier alpha value is -1.07. The van der Waals surface area contributed by atoms with Crippen molar-refractivity contribution in [2.45, 2.75) is 25.7 Å². The second-order valence-corrected chi connectivity index (χ2v) is 5.27. The second-order valence-electron chi connectivity index (χ2n) is 4.86. The molecule has 19 heavy (non-hydrogen) atoms. The molecule has 1 saturated carbocycles. The lowest BCUT2D eigenvalue weighted by Gasteiger charge is -2.30. The molecule has 1 fully saturated rings. The van der Waals surface area contributed by atoms with E-state index in [-0.39, 0.29) is 6.01 Å². The fourth-order valence-electron chi connectivity index (χ4n) is 2.54. The topological polar surface area (TPSA) is 70.3 Å². The summed E-state index contributed by atoms with van der Waals surface area (Å²) in [4.78, 5) is 8.03. The number of halogens is 1. The summed E-state index contributed by atoms with van der Waals surface area (Å²) in [6, 6.07) is 0.262. The molecule has 2 unspecified atom stereocenters. The summed E-state index contributed by atoms with van der Waals surface area (Å²) in [5, 5.41) is 0.404. The van der Waals surface area contributed by atoms with E-state index in [1.165, 1.54) is 32.6 Å². The molecule has 0 aromatic carbocycles. The molecule has 1 aromatic rings. The molecule has 2 N–H and O–H groups in total. The molecule has 5 nitrogen and oxygen atoms in total. The van der Waals surface area contributed by atoms with Gasteiger partial charge in [0.1, 0.15) is 5.02 Å². The van der Waals surface area contributed by atoms with Crippen LogP contribution in [0, 0.1) is 11.8 Å². The van der Waals surface area contributed by atoms with Gasteiger partial charge < -0.3 is 15.2 Å². The van der Waals surface area contributed by atoms with Crippen LogP contribution in [0.15, 0.2) is 6.20 Å². The number of methoxy groups -OCH3 is 1. The average molecular weight is 286 g/mol. The van der Waals surface area contributed by atoms with Gasteiger partial charge in [-0.2, -0.15) is 4.98 Å². The van der Waals surface area contributed by atoms with Crippen LogP contribution >= 0.6 is 11.6 Å². The summed E-state index contributed by atoms with van der Waals surface area (Å²) in [6.07, 6.45) is 6.34. The van der Waals surface area contributed by atoms with Crippen LogP contribution in [0.2, 0.25) is 5.02 Å². The van der Waals surface area contributed by atoms with E-state index in [2.05, 4.69) is 9.97 Å². The Morgan fingerprint density at radius 2 is 2.11 bits per heavy atom. The lowest BCUT2D eigenvalue weighted by atomic mass is 9.80. The van der Waals surface area contributed by atoms with Crippen molar-refractivity contribution >= 4 is 11.6 Å².